The molecule has 4 nitrogen and oxygen atoms in total. The predicted molar refractivity (Wildman–Crippen MR) is 60.0 cm³/mol. The Labute approximate surface area is 89.7 Å². The average Bonchev–Trinajstić information content (AvgIpc) is 2.02. The van der Waals surface area contributed by atoms with Gasteiger partial charge in [0.2, 0.25) is 0 Å². The van der Waals surface area contributed by atoms with Gasteiger partial charge in [-0.1, -0.05) is 0 Å². The molecule has 0 aromatic heterocycles. The van der Waals surface area contributed by atoms with E-state index in [0.717, 1.165) is 13.1 Å². The minimum absolute atomic E-state index is 0.445. The normalized spacial score (nSPS) is 18.1. The highest BCUT2D eigenvalue weighted by molar-refractivity contribution is 8.05. The van der Waals surface area contributed by atoms with Crippen LogP contribution in [0.2, 0.25) is 0 Å². The van der Waals surface area contributed by atoms with Gasteiger partial charge in [0.1, 0.15) is 0 Å². The third-order valence-electron chi connectivity index (χ3n) is 1.86. The van der Waals surface area contributed by atoms with Crippen LogP contribution >= 0.6 is 19.4 Å². The van der Waals surface area contributed by atoms with Gasteiger partial charge in [0.05, 0.1) is 18.7 Å². The van der Waals surface area contributed by atoms with E-state index in [2.05, 4.69) is 5.32 Å². The second-order valence-corrected chi connectivity index (χ2v) is 6.79. The van der Waals surface area contributed by atoms with Crippen LogP contribution in [0.5, 0.6) is 0 Å². The van der Waals surface area contributed by atoms with Crippen molar-refractivity contribution in [3.05, 3.63) is 0 Å². The van der Waals surface area contributed by atoms with E-state index >= 15 is 0 Å². The van der Waals surface area contributed by atoms with Gasteiger partial charge in [0.15, 0.2) is 0 Å². The highest BCUT2D eigenvalue weighted by Crippen LogP contribution is 2.51. The summed E-state index contributed by atoms with van der Waals surface area (Å²) in [5.41, 5.74) is 0.473. The molecule has 1 N–H and O–H groups in total. The largest absolute Gasteiger partial charge is 0.340 e. The first-order valence-electron chi connectivity index (χ1n) is 4.90. The number of hydrogen-bond acceptors (Lipinski definition) is 5. The highest BCUT2D eigenvalue weighted by Gasteiger charge is 2.27. The molecule has 0 spiro atoms. The second-order valence-electron chi connectivity index (χ2n) is 3.02. The van der Waals surface area contributed by atoms with Crippen molar-refractivity contribution in [3.8, 4) is 0 Å². The van der Waals surface area contributed by atoms with E-state index in [1.807, 2.05) is 13.8 Å². The average molecular weight is 239 g/mol. The molecule has 14 heavy (non-hydrogen) atoms. The monoisotopic (exact) mass is 239 g/mol. The Bertz CT molecular complexity index is 201. The zero-order chi connectivity index (χ0) is 10.4. The minimum atomic E-state index is -2.82. The van der Waals surface area contributed by atoms with Gasteiger partial charge in [0, 0.05) is 18.3 Å². The van der Waals surface area contributed by atoms with Crippen LogP contribution in [-0.2, 0) is 13.6 Å². The van der Waals surface area contributed by atoms with Crippen LogP contribution in [0.1, 0.15) is 13.8 Å². The zero-order valence-electron chi connectivity index (χ0n) is 8.69. The van der Waals surface area contributed by atoms with Crippen molar-refractivity contribution in [2.24, 2.45) is 0 Å². The Balaban J connectivity index is 2.29. The Morgan fingerprint density at radius 2 is 1.93 bits per heavy atom. The summed E-state index contributed by atoms with van der Waals surface area (Å²) < 4.78 is 22.3. The van der Waals surface area contributed by atoms with Gasteiger partial charge >= 0.3 is 7.60 Å². The molecular formula is C8H18NO3PS. The number of thioether (sulfide) groups is 1. The van der Waals surface area contributed by atoms with E-state index in [0.29, 0.717) is 24.0 Å². The first-order chi connectivity index (χ1) is 6.70. The summed E-state index contributed by atoms with van der Waals surface area (Å²) in [6.45, 7) is 6.57. The molecule has 1 aliphatic rings. The van der Waals surface area contributed by atoms with Crippen molar-refractivity contribution in [2.45, 2.75) is 19.1 Å². The SMILES string of the molecule is CCOP(=O)(CSC1CNC1)OCC. The third kappa shape index (κ3) is 3.91. The standard InChI is InChI=1S/C8H18NO3PS/c1-3-11-13(10,12-4-2)7-14-8-5-9-6-8/h8-9H,3-7H2,1-2H3. The van der Waals surface area contributed by atoms with E-state index < -0.39 is 7.60 Å². The van der Waals surface area contributed by atoms with E-state index in [9.17, 15) is 4.57 Å². The molecule has 0 radical (unpaired) electrons. The molecule has 6 heteroatoms. The molecule has 1 fully saturated rings. The van der Waals surface area contributed by atoms with Crippen molar-refractivity contribution >= 4 is 19.4 Å². The van der Waals surface area contributed by atoms with E-state index in [1.54, 1.807) is 11.8 Å². The summed E-state index contributed by atoms with van der Waals surface area (Å²) in [5, 5.41) is 3.74. The Kier molecular flexibility index (Phi) is 5.49. The maximum atomic E-state index is 12.0. The van der Waals surface area contributed by atoms with E-state index in [4.69, 9.17) is 9.05 Å². The fraction of sp³-hybridized carbons (Fsp3) is 1.00. The van der Waals surface area contributed by atoms with Crippen LogP contribution in [0.3, 0.4) is 0 Å². The molecule has 1 aliphatic heterocycles. The van der Waals surface area contributed by atoms with Crippen LogP contribution in [-0.4, -0.2) is 37.0 Å². The quantitative estimate of drug-likeness (QED) is 0.688. The Hall–Kier alpha value is 0.460. The van der Waals surface area contributed by atoms with Crippen molar-refractivity contribution < 1.29 is 13.6 Å². The van der Waals surface area contributed by atoms with Crippen LogP contribution in [0.15, 0.2) is 0 Å². The fourth-order valence-electron chi connectivity index (χ4n) is 1.08. The molecule has 0 amide bonds. The zero-order valence-corrected chi connectivity index (χ0v) is 10.4. The lowest BCUT2D eigenvalue weighted by Gasteiger charge is -2.27. The number of nitrogens with one attached hydrogen (secondary N) is 1. The smallest absolute Gasteiger partial charge is 0.314 e. The minimum Gasteiger partial charge on any atom is -0.314 e. The fourth-order valence-corrected chi connectivity index (χ4v) is 4.58. The summed E-state index contributed by atoms with van der Waals surface area (Å²) in [6, 6.07) is 0. The van der Waals surface area contributed by atoms with Crippen molar-refractivity contribution in [3.63, 3.8) is 0 Å². The lowest BCUT2D eigenvalue weighted by molar-refractivity contribution is 0.224. The van der Waals surface area contributed by atoms with E-state index in [1.165, 1.54) is 0 Å². The van der Waals surface area contributed by atoms with Gasteiger partial charge in [-0.2, -0.15) is 0 Å². The van der Waals surface area contributed by atoms with Crippen LogP contribution in [0, 0.1) is 0 Å². The molecular weight excluding hydrogens is 221 g/mol. The molecule has 1 heterocycles. The van der Waals surface area contributed by atoms with Crippen LogP contribution < -0.4 is 5.32 Å². The van der Waals surface area contributed by atoms with E-state index in [-0.39, 0.29) is 0 Å². The van der Waals surface area contributed by atoms with Gasteiger partial charge in [-0.15, -0.1) is 11.8 Å². The Morgan fingerprint density at radius 1 is 1.36 bits per heavy atom. The molecule has 0 atom stereocenters. The molecule has 84 valence electrons. The topological polar surface area (TPSA) is 47.6 Å². The summed E-state index contributed by atoms with van der Waals surface area (Å²) in [6.07, 6.45) is 0. The van der Waals surface area contributed by atoms with Crippen LogP contribution in [0.25, 0.3) is 0 Å². The highest BCUT2D eigenvalue weighted by atomic mass is 32.2. The number of rotatable bonds is 7. The summed E-state index contributed by atoms with van der Waals surface area (Å²) in [5.74, 6) is 0. The first kappa shape index (κ1) is 12.5. The Morgan fingerprint density at radius 3 is 2.29 bits per heavy atom. The molecule has 0 aliphatic carbocycles. The van der Waals surface area contributed by atoms with Gasteiger partial charge in [-0.05, 0) is 13.8 Å². The van der Waals surface area contributed by atoms with Gasteiger partial charge in [-0.25, -0.2) is 0 Å². The summed E-state index contributed by atoms with van der Waals surface area (Å²) in [7, 11) is -2.82. The van der Waals surface area contributed by atoms with Crippen molar-refractivity contribution in [1.29, 1.82) is 0 Å². The maximum Gasteiger partial charge on any atom is 0.340 e. The van der Waals surface area contributed by atoms with Gasteiger partial charge < -0.3 is 14.4 Å². The molecule has 0 aromatic rings. The van der Waals surface area contributed by atoms with Crippen molar-refractivity contribution in [1.82, 2.24) is 5.32 Å². The molecule has 0 saturated carbocycles. The third-order valence-corrected chi connectivity index (χ3v) is 5.83. The molecule has 0 unspecified atom stereocenters. The maximum absolute atomic E-state index is 12.0. The first-order valence-corrected chi connectivity index (χ1v) is 7.68. The molecule has 1 rings (SSSR count). The summed E-state index contributed by atoms with van der Waals surface area (Å²) in [4.78, 5) is 0. The van der Waals surface area contributed by atoms with Crippen LogP contribution in [0.4, 0.5) is 0 Å². The lowest BCUT2D eigenvalue weighted by Crippen LogP contribution is -2.44. The number of hydrogen-bond donors (Lipinski definition) is 1. The molecule has 0 bridgehead atoms. The predicted octanol–water partition coefficient (Wildman–Crippen LogP) is 1.91. The van der Waals surface area contributed by atoms with Gasteiger partial charge in [0.25, 0.3) is 0 Å². The molecule has 1 saturated heterocycles. The van der Waals surface area contributed by atoms with Crippen molar-refractivity contribution in [2.75, 3.05) is 31.8 Å². The molecule has 0 aromatic carbocycles. The van der Waals surface area contributed by atoms with Gasteiger partial charge in [-0.3, -0.25) is 4.57 Å². The second kappa shape index (κ2) is 6.13. The summed E-state index contributed by atoms with van der Waals surface area (Å²) >= 11 is 1.67. The lowest BCUT2D eigenvalue weighted by atomic mass is 10.3.